The monoisotopic (exact) mass is 244 g/mol. The first-order valence-electron chi connectivity index (χ1n) is 5.72. The number of hydrogen-bond acceptors (Lipinski definition) is 2. The summed E-state index contributed by atoms with van der Waals surface area (Å²) in [5.41, 5.74) is -0.427. The van der Waals surface area contributed by atoms with Crippen LogP contribution < -0.4 is 0 Å². The largest absolute Gasteiger partial charge is 0.478 e. The number of aromatic carboxylic acids is 1. The summed E-state index contributed by atoms with van der Waals surface area (Å²) < 4.78 is 26.9. The fraction of sp³-hybridized carbons (Fsp3) is 0.636. The van der Waals surface area contributed by atoms with Crippen molar-refractivity contribution in [2.45, 2.75) is 45.1 Å². The standard InChI is InChI=1S/C11H14F2N2O2/c12-10(13)9-8(11(16)17)7-5-3-1-2-4-6-15(7)14-9/h10H,1-6H2,(H,16,17). The molecule has 0 aromatic carbocycles. The van der Waals surface area contributed by atoms with Gasteiger partial charge in [-0.25, -0.2) is 13.6 Å². The lowest BCUT2D eigenvalue weighted by atomic mass is 10.0. The second-order valence-corrected chi connectivity index (χ2v) is 4.20. The van der Waals surface area contributed by atoms with Crippen molar-refractivity contribution in [1.29, 1.82) is 0 Å². The van der Waals surface area contributed by atoms with E-state index in [2.05, 4.69) is 5.10 Å². The van der Waals surface area contributed by atoms with Crippen LogP contribution in [0.4, 0.5) is 8.78 Å². The number of carboxylic acids is 1. The maximum atomic E-state index is 12.7. The van der Waals surface area contributed by atoms with Gasteiger partial charge in [0.25, 0.3) is 6.43 Å². The van der Waals surface area contributed by atoms with Crippen LogP contribution >= 0.6 is 0 Å². The molecule has 0 bridgehead atoms. The maximum Gasteiger partial charge on any atom is 0.339 e. The molecule has 0 saturated heterocycles. The Balaban J connectivity index is 2.49. The van der Waals surface area contributed by atoms with Crippen molar-refractivity contribution in [1.82, 2.24) is 9.78 Å². The van der Waals surface area contributed by atoms with Gasteiger partial charge in [-0.1, -0.05) is 12.8 Å². The highest BCUT2D eigenvalue weighted by Crippen LogP contribution is 2.27. The van der Waals surface area contributed by atoms with Crippen molar-refractivity contribution in [3.63, 3.8) is 0 Å². The molecule has 1 aliphatic heterocycles. The molecule has 1 aromatic rings. The van der Waals surface area contributed by atoms with Crippen LogP contribution in [0.15, 0.2) is 0 Å². The Kier molecular flexibility index (Phi) is 3.40. The van der Waals surface area contributed by atoms with E-state index in [1.807, 2.05) is 0 Å². The molecule has 0 radical (unpaired) electrons. The fourth-order valence-electron chi connectivity index (χ4n) is 2.25. The third-order valence-corrected chi connectivity index (χ3v) is 3.04. The molecule has 0 unspecified atom stereocenters. The zero-order chi connectivity index (χ0) is 12.4. The molecule has 0 atom stereocenters. The van der Waals surface area contributed by atoms with Crippen molar-refractivity contribution >= 4 is 5.97 Å². The summed E-state index contributed by atoms with van der Waals surface area (Å²) in [6, 6.07) is 0. The first-order valence-corrected chi connectivity index (χ1v) is 5.72. The molecule has 4 nitrogen and oxygen atoms in total. The molecule has 0 aliphatic carbocycles. The van der Waals surface area contributed by atoms with Gasteiger partial charge >= 0.3 is 5.97 Å². The van der Waals surface area contributed by atoms with Gasteiger partial charge in [-0.3, -0.25) is 4.68 Å². The fourth-order valence-corrected chi connectivity index (χ4v) is 2.25. The Morgan fingerprint density at radius 1 is 1.29 bits per heavy atom. The van der Waals surface area contributed by atoms with Gasteiger partial charge in [-0.2, -0.15) is 5.10 Å². The SMILES string of the molecule is O=C(O)c1c(C(F)F)nn2c1CCCCCC2. The predicted molar refractivity (Wildman–Crippen MR) is 56.3 cm³/mol. The molecule has 2 heterocycles. The number of halogens is 2. The average Bonchev–Trinajstić information content (AvgIpc) is 2.56. The highest BCUT2D eigenvalue weighted by Gasteiger charge is 2.28. The van der Waals surface area contributed by atoms with Crippen LogP contribution in [0.5, 0.6) is 0 Å². The molecule has 0 saturated carbocycles. The smallest absolute Gasteiger partial charge is 0.339 e. The number of nitrogens with zero attached hydrogens (tertiary/aromatic N) is 2. The van der Waals surface area contributed by atoms with E-state index >= 15 is 0 Å². The molecule has 94 valence electrons. The molecule has 17 heavy (non-hydrogen) atoms. The molecule has 1 N–H and O–H groups in total. The number of carboxylic acid groups (broad SMARTS) is 1. The van der Waals surface area contributed by atoms with E-state index < -0.39 is 18.1 Å². The van der Waals surface area contributed by atoms with Crippen LogP contribution in [0.1, 0.15) is 53.9 Å². The third-order valence-electron chi connectivity index (χ3n) is 3.04. The van der Waals surface area contributed by atoms with Gasteiger partial charge in [-0.15, -0.1) is 0 Å². The van der Waals surface area contributed by atoms with E-state index in [0.29, 0.717) is 18.7 Å². The molecule has 1 aromatic heterocycles. The third kappa shape index (κ3) is 2.30. The van der Waals surface area contributed by atoms with E-state index in [0.717, 1.165) is 25.7 Å². The minimum atomic E-state index is -2.83. The second kappa shape index (κ2) is 4.81. The van der Waals surface area contributed by atoms with Crippen molar-refractivity contribution in [2.24, 2.45) is 0 Å². The Bertz CT molecular complexity index is 429. The summed E-state index contributed by atoms with van der Waals surface area (Å²) in [5, 5.41) is 12.8. The van der Waals surface area contributed by atoms with Gasteiger partial charge in [0.15, 0.2) is 0 Å². The van der Waals surface area contributed by atoms with E-state index in [9.17, 15) is 13.6 Å². The zero-order valence-corrected chi connectivity index (χ0v) is 9.33. The lowest BCUT2D eigenvalue weighted by molar-refractivity contribution is 0.0682. The summed E-state index contributed by atoms with van der Waals surface area (Å²) in [5.74, 6) is -1.30. The van der Waals surface area contributed by atoms with E-state index in [-0.39, 0.29) is 5.56 Å². The molecule has 6 heteroatoms. The first-order chi connectivity index (χ1) is 8.11. The highest BCUT2D eigenvalue weighted by molar-refractivity contribution is 5.90. The lowest BCUT2D eigenvalue weighted by Gasteiger charge is -2.11. The lowest BCUT2D eigenvalue weighted by Crippen LogP contribution is -2.11. The van der Waals surface area contributed by atoms with Gasteiger partial charge in [0.05, 0.1) is 5.69 Å². The summed E-state index contributed by atoms with van der Waals surface area (Å²) in [6.45, 7) is 0.530. The number of carbonyl (C=O) groups is 1. The van der Waals surface area contributed by atoms with E-state index in [4.69, 9.17) is 5.11 Å². The number of hydrogen-bond donors (Lipinski definition) is 1. The van der Waals surface area contributed by atoms with Crippen LogP contribution in [0, 0.1) is 0 Å². The topological polar surface area (TPSA) is 55.1 Å². The second-order valence-electron chi connectivity index (χ2n) is 4.20. The van der Waals surface area contributed by atoms with Crippen molar-refractivity contribution in [3.8, 4) is 0 Å². The highest BCUT2D eigenvalue weighted by atomic mass is 19.3. The number of aryl methyl sites for hydroxylation is 1. The van der Waals surface area contributed by atoms with Crippen LogP contribution in [0.3, 0.4) is 0 Å². The Hall–Kier alpha value is -1.46. The van der Waals surface area contributed by atoms with Crippen LogP contribution in [-0.4, -0.2) is 20.9 Å². The molecule has 0 amide bonds. The number of fused-ring (bicyclic) bond motifs is 1. The van der Waals surface area contributed by atoms with Crippen molar-refractivity contribution in [3.05, 3.63) is 17.0 Å². The maximum absolute atomic E-state index is 12.7. The molecular weight excluding hydrogens is 230 g/mol. The molecule has 0 spiro atoms. The zero-order valence-electron chi connectivity index (χ0n) is 9.33. The summed E-state index contributed by atoms with van der Waals surface area (Å²) in [4.78, 5) is 11.1. The van der Waals surface area contributed by atoms with Gasteiger partial charge in [0, 0.05) is 6.54 Å². The molecule has 0 fully saturated rings. The van der Waals surface area contributed by atoms with Crippen molar-refractivity contribution < 1.29 is 18.7 Å². The van der Waals surface area contributed by atoms with Gasteiger partial charge in [0.1, 0.15) is 11.3 Å². The summed E-state index contributed by atoms with van der Waals surface area (Å²) in [7, 11) is 0. The number of aromatic nitrogens is 2. The number of rotatable bonds is 2. The van der Waals surface area contributed by atoms with Crippen LogP contribution in [0.2, 0.25) is 0 Å². The Morgan fingerprint density at radius 3 is 2.65 bits per heavy atom. The normalized spacial score (nSPS) is 16.4. The first kappa shape index (κ1) is 12.0. The van der Waals surface area contributed by atoms with Gasteiger partial charge < -0.3 is 5.11 Å². The summed E-state index contributed by atoms with van der Waals surface area (Å²) >= 11 is 0. The Morgan fingerprint density at radius 2 is 2.00 bits per heavy atom. The molecule has 1 aliphatic rings. The van der Waals surface area contributed by atoms with Gasteiger partial charge in [0.2, 0.25) is 0 Å². The summed E-state index contributed by atoms with van der Waals surface area (Å²) in [6.07, 6.45) is 1.41. The number of alkyl halides is 2. The van der Waals surface area contributed by atoms with E-state index in [1.54, 1.807) is 0 Å². The minimum absolute atomic E-state index is 0.290. The molecular formula is C11H14F2N2O2. The van der Waals surface area contributed by atoms with Crippen molar-refractivity contribution in [2.75, 3.05) is 0 Å². The minimum Gasteiger partial charge on any atom is -0.478 e. The molecule has 2 rings (SSSR count). The van der Waals surface area contributed by atoms with Crippen LogP contribution in [0.25, 0.3) is 0 Å². The average molecular weight is 244 g/mol. The van der Waals surface area contributed by atoms with Crippen LogP contribution in [-0.2, 0) is 13.0 Å². The predicted octanol–water partition coefficient (Wildman–Crippen LogP) is 2.64. The van der Waals surface area contributed by atoms with E-state index in [1.165, 1.54) is 4.68 Å². The Labute approximate surface area is 97.2 Å². The van der Waals surface area contributed by atoms with Gasteiger partial charge in [-0.05, 0) is 19.3 Å². The quantitative estimate of drug-likeness (QED) is 0.870.